The van der Waals surface area contributed by atoms with Crippen molar-refractivity contribution in [3.8, 4) is 5.75 Å². The van der Waals surface area contributed by atoms with Crippen LogP contribution in [0.5, 0.6) is 5.75 Å². The zero-order valence-electron chi connectivity index (χ0n) is 13.5. The zero-order chi connectivity index (χ0) is 15.2. The molecule has 1 aromatic rings. The number of rotatable bonds is 6. The maximum Gasteiger partial charge on any atom is 0.133 e. The topological polar surface area (TPSA) is 21.3 Å². The highest BCUT2D eigenvalue weighted by molar-refractivity contribution is 9.10. The molecule has 3 heteroatoms. The van der Waals surface area contributed by atoms with Gasteiger partial charge in [-0.25, -0.2) is 0 Å². The van der Waals surface area contributed by atoms with Gasteiger partial charge in [0.15, 0.2) is 0 Å². The number of hydrogen-bond acceptors (Lipinski definition) is 2. The van der Waals surface area contributed by atoms with Crippen LogP contribution < -0.4 is 10.1 Å². The molecular weight excluding hydrogens is 326 g/mol. The summed E-state index contributed by atoms with van der Waals surface area (Å²) in [4.78, 5) is 0. The summed E-state index contributed by atoms with van der Waals surface area (Å²) >= 11 is 3.66. The second-order valence-electron chi connectivity index (χ2n) is 6.80. The van der Waals surface area contributed by atoms with Crippen molar-refractivity contribution in [2.24, 2.45) is 11.8 Å². The predicted octanol–water partition coefficient (Wildman–Crippen LogP) is 5.15. The van der Waals surface area contributed by atoms with Gasteiger partial charge in [0.1, 0.15) is 5.75 Å². The molecule has 1 fully saturated rings. The summed E-state index contributed by atoms with van der Waals surface area (Å²) in [6, 6.07) is 6.45. The van der Waals surface area contributed by atoms with Crippen LogP contribution in [0.4, 0.5) is 0 Å². The molecule has 0 radical (unpaired) electrons. The minimum Gasteiger partial charge on any atom is -0.489 e. The van der Waals surface area contributed by atoms with Gasteiger partial charge in [0.2, 0.25) is 0 Å². The molecule has 2 atom stereocenters. The summed E-state index contributed by atoms with van der Waals surface area (Å²) in [6.07, 6.45) is 5.40. The first-order valence-corrected chi connectivity index (χ1v) is 8.99. The Bertz CT molecular complexity index is 447. The van der Waals surface area contributed by atoms with Crippen LogP contribution in [0, 0.1) is 11.8 Å². The third-order valence-electron chi connectivity index (χ3n) is 4.06. The van der Waals surface area contributed by atoms with Gasteiger partial charge in [-0.2, -0.15) is 0 Å². The van der Waals surface area contributed by atoms with Crippen molar-refractivity contribution in [1.29, 1.82) is 0 Å². The Balaban J connectivity index is 1.89. The average molecular weight is 354 g/mol. The van der Waals surface area contributed by atoms with E-state index in [9.17, 15) is 0 Å². The smallest absolute Gasteiger partial charge is 0.133 e. The van der Waals surface area contributed by atoms with Crippen molar-refractivity contribution in [3.05, 3.63) is 28.2 Å². The van der Waals surface area contributed by atoms with Crippen molar-refractivity contribution in [3.63, 3.8) is 0 Å². The lowest BCUT2D eigenvalue weighted by molar-refractivity contribution is 0.128. The molecule has 0 saturated heterocycles. The second kappa shape index (κ2) is 8.19. The van der Waals surface area contributed by atoms with E-state index in [1.807, 2.05) is 0 Å². The maximum absolute atomic E-state index is 6.19. The minimum atomic E-state index is 0.384. The fraction of sp³-hybridized carbons (Fsp3) is 0.667. The van der Waals surface area contributed by atoms with E-state index in [1.165, 1.54) is 31.2 Å². The van der Waals surface area contributed by atoms with Crippen LogP contribution in [-0.2, 0) is 6.54 Å². The van der Waals surface area contributed by atoms with E-state index in [1.54, 1.807) is 0 Å². The van der Waals surface area contributed by atoms with E-state index < -0.39 is 0 Å². The van der Waals surface area contributed by atoms with Crippen LogP contribution in [-0.4, -0.2) is 12.6 Å². The summed E-state index contributed by atoms with van der Waals surface area (Å²) in [5.74, 6) is 2.47. The molecule has 0 amide bonds. The summed E-state index contributed by atoms with van der Waals surface area (Å²) in [7, 11) is 0. The standard InChI is InChI=1S/C18H28BrNO/c1-13(2)11-20-12-15-7-8-18(17(19)10-15)21-16-6-4-5-14(3)9-16/h7-8,10,13-14,16,20H,4-6,9,11-12H2,1-3H3. The van der Waals surface area contributed by atoms with Gasteiger partial charge in [0.05, 0.1) is 10.6 Å². The molecule has 2 nitrogen and oxygen atoms in total. The molecule has 0 bridgehead atoms. The Morgan fingerprint density at radius 2 is 2.14 bits per heavy atom. The fourth-order valence-electron chi connectivity index (χ4n) is 2.92. The first-order chi connectivity index (χ1) is 10.0. The van der Waals surface area contributed by atoms with Crippen LogP contribution in [0.15, 0.2) is 22.7 Å². The molecule has 0 aliphatic heterocycles. The van der Waals surface area contributed by atoms with E-state index >= 15 is 0 Å². The highest BCUT2D eigenvalue weighted by atomic mass is 79.9. The Kier molecular flexibility index (Phi) is 6.56. The molecule has 1 aromatic carbocycles. The first kappa shape index (κ1) is 16.8. The number of halogens is 1. The lowest BCUT2D eigenvalue weighted by Crippen LogP contribution is -2.24. The van der Waals surface area contributed by atoms with Crippen molar-refractivity contribution in [1.82, 2.24) is 5.32 Å². The van der Waals surface area contributed by atoms with Crippen LogP contribution >= 0.6 is 15.9 Å². The van der Waals surface area contributed by atoms with Gasteiger partial charge in [-0.3, -0.25) is 0 Å². The number of nitrogens with one attached hydrogen (secondary N) is 1. The Hall–Kier alpha value is -0.540. The molecule has 1 aliphatic rings. The highest BCUT2D eigenvalue weighted by Gasteiger charge is 2.20. The van der Waals surface area contributed by atoms with Gasteiger partial charge in [-0.05, 0) is 71.3 Å². The normalized spacial score (nSPS) is 22.5. The van der Waals surface area contributed by atoms with E-state index in [-0.39, 0.29) is 0 Å². The molecule has 0 heterocycles. The predicted molar refractivity (Wildman–Crippen MR) is 92.7 cm³/mol. The van der Waals surface area contributed by atoms with Crippen LogP contribution in [0.1, 0.15) is 52.0 Å². The highest BCUT2D eigenvalue weighted by Crippen LogP contribution is 2.31. The summed E-state index contributed by atoms with van der Waals surface area (Å²) < 4.78 is 7.26. The fourth-order valence-corrected chi connectivity index (χ4v) is 3.44. The van der Waals surface area contributed by atoms with Crippen LogP contribution in [0.3, 0.4) is 0 Å². The third kappa shape index (κ3) is 5.63. The molecular formula is C18H28BrNO. The molecule has 2 rings (SSSR count). The summed E-state index contributed by atoms with van der Waals surface area (Å²) in [5.41, 5.74) is 1.30. The third-order valence-corrected chi connectivity index (χ3v) is 4.68. The Morgan fingerprint density at radius 3 is 2.81 bits per heavy atom. The maximum atomic E-state index is 6.19. The lowest BCUT2D eigenvalue weighted by Gasteiger charge is -2.27. The number of hydrogen-bond donors (Lipinski definition) is 1. The molecule has 1 aliphatic carbocycles. The van der Waals surface area contributed by atoms with E-state index in [4.69, 9.17) is 4.74 Å². The molecule has 1 saturated carbocycles. The summed E-state index contributed by atoms with van der Waals surface area (Å²) in [6.45, 7) is 8.75. The van der Waals surface area contributed by atoms with Gasteiger partial charge in [0, 0.05) is 6.54 Å². The van der Waals surface area contributed by atoms with Gasteiger partial charge >= 0.3 is 0 Å². The molecule has 0 aromatic heterocycles. The SMILES string of the molecule is CC(C)CNCc1ccc(OC2CCCC(C)C2)c(Br)c1. The van der Waals surface area contributed by atoms with Gasteiger partial charge in [0.25, 0.3) is 0 Å². The van der Waals surface area contributed by atoms with Crippen molar-refractivity contribution < 1.29 is 4.74 Å². The average Bonchev–Trinajstić information content (AvgIpc) is 2.41. The van der Waals surface area contributed by atoms with Crippen molar-refractivity contribution in [2.75, 3.05) is 6.54 Å². The Morgan fingerprint density at radius 1 is 1.33 bits per heavy atom. The molecule has 2 unspecified atom stereocenters. The molecule has 0 spiro atoms. The second-order valence-corrected chi connectivity index (χ2v) is 7.66. The zero-order valence-corrected chi connectivity index (χ0v) is 15.1. The van der Waals surface area contributed by atoms with Crippen LogP contribution in [0.25, 0.3) is 0 Å². The number of ether oxygens (including phenoxy) is 1. The first-order valence-electron chi connectivity index (χ1n) is 8.20. The number of benzene rings is 1. The van der Waals surface area contributed by atoms with Gasteiger partial charge < -0.3 is 10.1 Å². The molecule has 21 heavy (non-hydrogen) atoms. The molecule has 118 valence electrons. The van der Waals surface area contributed by atoms with Crippen molar-refractivity contribution >= 4 is 15.9 Å². The summed E-state index contributed by atoms with van der Waals surface area (Å²) in [5, 5.41) is 3.47. The quantitative estimate of drug-likeness (QED) is 0.763. The molecule has 1 N–H and O–H groups in total. The van der Waals surface area contributed by atoms with E-state index in [0.717, 1.165) is 29.2 Å². The Labute approximate surface area is 137 Å². The van der Waals surface area contributed by atoms with E-state index in [2.05, 4.69) is 60.2 Å². The monoisotopic (exact) mass is 353 g/mol. The van der Waals surface area contributed by atoms with Gasteiger partial charge in [-0.15, -0.1) is 0 Å². The minimum absolute atomic E-state index is 0.384. The van der Waals surface area contributed by atoms with Crippen molar-refractivity contribution in [2.45, 2.75) is 59.1 Å². The van der Waals surface area contributed by atoms with E-state index in [0.29, 0.717) is 12.0 Å². The lowest BCUT2D eigenvalue weighted by atomic mass is 9.89. The van der Waals surface area contributed by atoms with Crippen LogP contribution in [0.2, 0.25) is 0 Å². The largest absolute Gasteiger partial charge is 0.489 e. The van der Waals surface area contributed by atoms with Gasteiger partial charge in [-0.1, -0.05) is 33.3 Å².